The van der Waals surface area contributed by atoms with E-state index in [1.807, 2.05) is 0 Å². The predicted molar refractivity (Wildman–Crippen MR) is 112 cm³/mol. The normalized spacial score (nSPS) is 16.7. The molecule has 0 spiro atoms. The van der Waals surface area contributed by atoms with E-state index in [1.165, 1.54) is 11.1 Å². The van der Waals surface area contributed by atoms with Gasteiger partial charge in [0.05, 0.1) is 0 Å². The van der Waals surface area contributed by atoms with Crippen molar-refractivity contribution in [3.05, 3.63) is 35.4 Å². The number of benzene rings is 1. The summed E-state index contributed by atoms with van der Waals surface area (Å²) < 4.78 is 0. The lowest BCUT2D eigenvalue weighted by Crippen LogP contribution is -2.44. The number of nitrogens with one attached hydrogen (secondary N) is 2. The van der Waals surface area contributed by atoms with E-state index in [-0.39, 0.29) is 29.9 Å². The van der Waals surface area contributed by atoms with Crippen molar-refractivity contribution >= 4 is 35.8 Å². The molecule has 1 aromatic rings. The molecule has 0 atom stereocenters. The van der Waals surface area contributed by atoms with E-state index in [0.29, 0.717) is 19.0 Å². The Hall–Kier alpha value is -1.31. The van der Waals surface area contributed by atoms with Crippen molar-refractivity contribution in [1.29, 1.82) is 0 Å². The summed E-state index contributed by atoms with van der Waals surface area (Å²) in [7, 11) is 0. The molecular weight excluding hydrogens is 427 g/mol. The third-order valence-corrected chi connectivity index (χ3v) is 4.53. The van der Waals surface area contributed by atoms with Crippen molar-refractivity contribution in [2.24, 2.45) is 4.99 Å². The second-order valence-corrected chi connectivity index (χ2v) is 6.62. The zero-order valence-corrected chi connectivity index (χ0v) is 17.3. The largest absolute Gasteiger partial charge is 0.357 e. The van der Waals surface area contributed by atoms with Gasteiger partial charge in [-0.1, -0.05) is 24.3 Å². The third-order valence-electron chi connectivity index (χ3n) is 4.53. The summed E-state index contributed by atoms with van der Waals surface area (Å²) in [6, 6.07) is 9.08. The molecule has 1 aliphatic heterocycles. The zero-order valence-electron chi connectivity index (χ0n) is 15.0. The van der Waals surface area contributed by atoms with Crippen LogP contribution in [0.2, 0.25) is 0 Å². The number of aliphatic imine (C=N–C) groups is 1. The van der Waals surface area contributed by atoms with E-state index in [2.05, 4.69) is 46.7 Å². The topological polar surface area (TPSA) is 56.7 Å². The monoisotopic (exact) mass is 456 g/mol. The highest BCUT2D eigenvalue weighted by molar-refractivity contribution is 14.0. The summed E-state index contributed by atoms with van der Waals surface area (Å²) in [6.07, 6.45) is 4.72. The number of amides is 1. The first-order chi connectivity index (χ1) is 11.8. The second-order valence-electron chi connectivity index (χ2n) is 6.62. The predicted octanol–water partition coefficient (Wildman–Crippen LogP) is 2.69. The molecule has 1 amide bonds. The lowest BCUT2D eigenvalue weighted by atomic mass is 10.0. The standard InChI is InChI=1S/C19H28N4O.HI/c1-2-20-19(21-12-5-8-18(24)22-17-9-10-17)23-13-11-15-6-3-4-7-16(15)14-23;/h3-4,6-7,17H,2,5,8-14H2,1H3,(H,20,21)(H,22,24);1H. The number of nitrogens with zero attached hydrogens (tertiary/aromatic N) is 2. The van der Waals surface area contributed by atoms with Crippen molar-refractivity contribution in [2.45, 2.75) is 51.6 Å². The van der Waals surface area contributed by atoms with Gasteiger partial charge in [-0.2, -0.15) is 0 Å². The van der Waals surface area contributed by atoms with Crippen LogP contribution < -0.4 is 10.6 Å². The molecule has 0 radical (unpaired) electrons. The van der Waals surface area contributed by atoms with Gasteiger partial charge in [0.15, 0.2) is 5.96 Å². The molecule has 1 aromatic carbocycles. The molecule has 138 valence electrons. The van der Waals surface area contributed by atoms with Gasteiger partial charge in [-0.3, -0.25) is 9.79 Å². The second kappa shape index (κ2) is 9.99. The maximum absolute atomic E-state index is 11.7. The van der Waals surface area contributed by atoms with Crippen LogP contribution in [0.5, 0.6) is 0 Å². The lowest BCUT2D eigenvalue weighted by Gasteiger charge is -2.31. The molecular formula is C19H29IN4O. The molecule has 25 heavy (non-hydrogen) atoms. The smallest absolute Gasteiger partial charge is 0.220 e. The number of hydrogen-bond donors (Lipinski definition) is 2. The average molecular weight is 456 g/mol. The van der Waals surface area contributed by atoms with Crippen molar-refractivity contribution < 1.29 is 4.79 Å². The highest BCUT2D eigenvalue weighted by Gasteiger charge is 2.22. The highest BCUT2D eigenvalue weighted by Crippen LogP contribution is 2.19. The first kappa shape index (κ1) is 20.0. The number of halogens is 1. The molecule has 0 bridgehead atoms. The fourth-order valence-electron chi connectivity index (χ4n) is 3.05. The lowest BCUT2D eigenvalue weighted by molar-refractivity contribution is -0.121. The van der Waals surface area contributed by atoms with Crippen LogP contribution in [0, 0.1) is 0 Å². The minimum absolute atomic E-state index is 0. The Bertz CT molecular complexity index is 601. The maximum Gasteiger partial charge on any atom is 0.220 e. The van der Waals surface area contributed by atoms with Crippen molar-refractivity contribution in [3.8, 4) is 0 Å². The van der Waals surface area contributed by atoms with Crippen LogP contribution in [0.15, 0.2) is 29.3 Å². The minimum Gasteiger partial charge on any atom is -0.357 e. The van der Waals surface area contributed by atoms with Crippen LogP contribution >= 0.6 is 24.0 Å². The van der Waals surface area contributed by atoms with E-state index in [4.69, 9.17) is 4.99 Å². The van der Waals surface area contributed by atoms with E-state index in [0.717, 1.165) is 51.3 Å². The fraction of sp³-hybridized carbons (Fsp3) is 0.579. The molecule has 1 aliphatic carbocycles. The Morgan fingerprint density at radius 2 is 2.04 bits per heavy atom. The number of carbonyl (C=O) groups is 1. The Morgan fingerprint density at radius 1 is 1.28 bits per heavy atom. The molecule has 0 unspecified atom stereocenters. The van der Waals surface area contributed by atoms with E-state index >= 15 is 0 Å². The molecule has 1 heterocycles. The van der Waals surface area contributed by atoms with Gasteiger partial charge in [0.2, 0.25) is 5.91 Å². The van der Waals surface area contributed by atoms with Crippen molar-refractivity contribution in [2.75, 3.05) is 19.6 Å². The van der Waals surface area contributed by atoms with Gasteiger partial charge in [-0.15, -0.1) is 24.0 Å². The summed E-state index contributed by atoms with van der Waals surface area (Å²) in [6.45, 7) is 5.55. The summed E-state index contributed by atoms with van der Waals surface area (Å²) in [5.41, 5.74) is 2.83. The van der Waals surface area contributed by atoms with Gasteiger partial charge < -0.3 is 15.5 Å². The highest BCUT2D eigenvalue weighted by atomic mass is 127. The van der Waals surface area contributed by atoms with Crippen LogP contribution in [0.3, 0.4) is 0 Å². The van der Waals surface area contributed by atoms with Crippen LogP contribution in [0.1, 0.15) is 43.7 Å². The summed E-state index contributed by atoms with van der Waals surface area (Å²) in [5.74, 6) is 1.14. The molecule has 6 heteroatoms. The van der Waals surface area contributed by atoms with Gasteiger partial charge in [0.25, 0.3) is 0 Å². The third kappa shape index (κ3) is 6.17. The molecule has 0 saturated heterocycles. The number of guanidine groups is 1. The number of fused-ring (bicyclic) bond motifs is 1. The van der Waals surface area contributed by atoms with Gasteiger partial charge in [0, 0.05) is 38.6 Å². The SMILES string of the molecule is CCNC(=NCCCC(=O)NC1CC1)N1CCc2ccccc2C1.I. The van der Waals surface area contributed by atoms with Gasteiger partial charge in [-0.05, 0) is 43.7 Å². The van der Waals surface area contributed by atoms with E-state index in [1.54, 1.807) is 0 Å². The molecule has 3 rings (SSSR count). The van der Waals surface area contributed by atoms with Crippen LogP contribution in [0.25, 0.3) is 0 Å². The van der Waals surface area contributed by atoms with Gasteiger partial charge in [-0.25, -0.2) is 0 Å². The summed E-state index contributed by atoms with van der Waals surface area (Å²) >= 11 is 0. The van der Waals surface area contributed by atoms with Crippen LogP contribution in [-0.4, -0.2) is 42.4 Å². The first-order valence-electron chi connectivity index (χ1n) is 9.15. The Balaban J connectivity index is 0.00000225. The van der Waals surface area contributed by atoms with Crippen molar-refractivity contribution in [3.63, 3.8) is 0 Å². The van der Waals surface area contributed by atoms with Crippen molar-refractivity contribution in [1.82, 2.24) is 15.5 Å². The van der Waals surface area contributed by atoms with E-state index in [9.17, 15) is 4.79 Å². The number of hydrogen-bond acceptors (Lipinski definition) is 2. The molecule has 1 saturated carbocycles. The number of rotatable bonds is 6. The zero-order chi connectivity index (χ0) is 16.8. The first-order valence-corrected chi connectivity index (χ1v) is 9.15. The average Bonchev–Trinajstić information content (AvgIpc) is 3.41. The summed E-state index contributed by atoms with van der Waals surface area (Å²) in [4.78, 5) is 18.8. The summed E-state index contributed by atoms with van der Waals surface area (Å²) in [5, 5.41) is 6.42. The van der Waals surface area contributed by atoms with Gasteiger partial charge in [0.1, 0.15) is 0 Å². The molecule has 0 aromatic heterocycles. The van der Waals surface area contributed by atoms with Crippen LogP contribution in [-0.2, 0) is 17.8 Å². The van der Waals surface area contributed by atoms with Gasteiger partial charge >= 0.3 is 0 Å². The Morgan fingerprint density at radius 3 is 2.76 bits per heavy atom. The Kier molecular flexibility index (Phi) is 7.99. The molecule has 2 aliphatic rings. The number of carbonyl (C=O) groups excluding carboxylic acids is 1. The minimum atomic E-state index is 0. The molecule has 1 fully saturated rings. The fourth-order valence-corrected chi connectivity index (χ4v) is 3.05. The quantitative estimate of drug-likeness (QED) is 0.300. The molecule has 2 N–H and O–H groups in total. The van der Waals surface area contributed by atoms with E-state index < -0.39 is 0 Å². The maximum atomic E-state index is 11.7. The van der Waals surface area contributed by atoms with Crippen LogP contribution in [0.4, 0.5) is 0 Å². The Labute approximate surface area is 167 Å². The molecule has 5 nitrogen and oxygen atoms in total.